The van der Waals surface area contributed by atoms with E-state index in [1.54, 1.807) is 14.2 Å². The van der Waals surface area contributed by atoms with Crippen LogP contribution < -0.4 is 0 Å². The first kappa shape index (κ1) is 21.4. The van der Waals surface area contributed by atoms with Gasteiger partial charge in [-0.15, -0.1) is 0 Å². The number of carbonyl (C=O) groups is 1. The molecule has 4 nitrogen and oxygen atoms in total. The van der Waals surface area contributed by atoms with Crippen molar-refractivity contribution in [3.05, 3.63) is 0 Å². The number of rotatable bonds is 16. The molecule has 0 aliphatic carbocycles. The summed E-state index contributed by atoms with van der Waals surface area (Å²) in [5, 5.41) is 0. The predicted octanol–water partition coefficient (Wildman–Crippen LogP) is 4.50. The van der Waals surface area contributed by atoms with E-state index in [1.807, 2.05) is 0 Å². The van der Waals surface area contributed by atoms with E-state index in [2.05, 4.69) is 6.92 Å². The van der Waals surface area contributed by atoms with Crippen LogP contribution in [0.15, 0.2) is 0 Å². The van der Waals surface area contributed by atoms with Gasteiger partial charge in [-0.2, -0.15) is 0 Å². The zero-order valence-electron chi connectivity index (χ0n) is 14.9. The minimum absolute atomic E-state index is 0.127. The van der Waals surface area contributed by atoms with Crippen LogP contribution in [0.2, 0.25) is 0 Å². The van der Waals surface area contributed by atoms with Gasteiger partial charge in [0, 0.05) is 20.6 Å². The second kappa shape index (κ2) is 16.8. The van der Waals surface area contributed by atoms with Crippen LogP contribution in [0.5, 0.6) is 0 Å². The molecule has 0 radical (unpaired) electrons. The third-order valence-corrected chi connectivity index (χ3v) is 3.85. The van der Waals surface area contributed by atoms with Crippen LogP contribution in [0.4, 0.5) is 0 Å². The standard InChI is InChI=1S/C18H36O4/c1-4-5-6-7-8-9-10-11-12-13-14-18(19)22-16-17(21-3)15-20-2/h17H,4-16H2,1-3H3. The van der Waals surface area contributed by atoms with Crippen molar-refractivity contribution in [3.63, 3.8) is 0 Å². The third-order valence-electron chi connectivity index (χ3n) is 3.85. The Bertz CT molecular complexity index is 243. The summed E-state index contributed by atoms with van der Waals surface area (Å²) in [6, 6.07) is 0. The zero-order chi connectivity index (χ0) is 16.5. The van der Waals surface area contributed by atoms with Crippen molar-refractivity contribution in [1.29, 1.82) is 0 Å². The minimum atomic E-state index is -0.165. The molecule has 1 atom stereocenters. The van der Waals surface area contributed by atoms with Gasteiger partial charge in [-0.1, -0.05) is 64.7 Å². The van der Waals surface area contributed by atoms with Gasteiger partial charge in [0.1, 0.15) is 12.7 Å². The maximum absolute atomic E-state index is 11.6. The Labute approximate surface area is 136 Å². The molecule has 0 fully saturated rings. The maximum Gasteiger partial charge on any atom is 0.305 e. The fourth-order valence-corrected chi connectivity index (χ4v) is 2.38. The monoisotopic (exact) mass is 316 g/mol. The summed E-state index contributed by atoms with van der Waals surface area (Å²) in [6.45, 7) is 2.97. The van der Waals surface area contributed by atoms with Gasteiger partial charge in [-0.05, 0) is 6.42 Å². The average molecular weight is 316 g/mol. The molecule has 0 aromatic carbocycles. The quantitative estimate of drug-likeness (QED) is 0.310. The maximum atomic E-state index is 11.6. The van der Waals surface area contributed by atoms with Gasteiger partial charge in [-0.25, -0.2) is 0 Å². The van der Waals surface area contributed by atoms with E-state index in [9.17, 15) is 4.79 Å². The van der Waals surface area contributed by atoms with E-state index in [4.69, 9.17) is 14.2 Å². The lowest BCUT2D eigenvalue weighted by Gasteiger charge is -2.14. The molecule has 0 aromatic rings. The molecule has 22 heavy (non-hydrogen) atoms. The summed E-state index contributed by atoms with van der Waals surface area (Å²) in [6.07, 6.45) is 13.1. The van der Waals surface area contributed by atoms with Crippen LogP contribution in [-0.4, -0.2) is 39.5 Å². The van der Waals surface area contributed by atoms with Gasteiger partial charge >= 0.3 is 5.97 Å². The number of methoxy groups -OCH3 is 2. The number of ether oxygens (including phenoxy) is 3. The minimum Gasteiger partial charge on any atom is -0.463 e. The highest BCUT2D eigenvalue weighted by molar-refractivity contribution is 5.69. The Hall–Kier alpha value is -0.610. The Morgan fingerprint density at radius 3 is 1.86 bits per heavy atom. The molecule has 0 amide bonds. The molecule has 0 saturated carbocycles. The smallest absolute Gasteiger partial charge is 0.305 e. The second-order valence-electron chi connectivity index (χ2n) is 5.93. The van der Waals surface area contributed by atoms with Crippen molar-refractivity contribution in [2.24, 2.45) is 0 Å². The fourth-order valence-electron chi connectivity index (χ4n) is 2.38. The molecular formula is C18H36O4. The summed E-state index contributed by atoms with van der Waals surface area (Å²) in [5.74, 6) is -0.127. The van der Waals surface area contributed by atoms with Gasteiger partial charge in [0.05, 0.1) is 6.61 Å². The first-order chi connectivity index (χ1) is 10.7. The highest BCUT2D eigenvalue weighted by Gasteiger charge is 2.10. The van der Waals surface area contributed by atoms with Crippen LogP contribution in [-0.2, 0) is 19.0 Å². The lowest BCUT2D eigenvalue weighted by atomic mass is 10.1. The summed E-state index contributed by atoms with van der Waals surface area (Å²) < 4.78 is 15.3. The van der Waals surface area contributed by atoms with Crippen LogP contribution in [0, 0.1) is 0 Å². The van der Waals surface area contributed by atoms with Gasteiger partial charge in [-0.3, -0.25) is 4.79 Å². The van der Waals surface area contributed by atoms with E-state index in [-0.39, 0.29) is 18.7 Å². The van der Waals surface area contributed by atoms with Crippen molar-refractivity contribution < 1.29 is 19.0 Å². The fraction of sp³-hybridized carbons (Fsp3) is 0.944. The van der Waals surface area contributed by atoms with Crippen LogP contribution in [0.1, 0.15) is 77.6 Å². The lowest BCUT2D eigenvalue weighted by molar-refractivity contribution is -0.148. The molecule has 0 aromatic heterocycles. The molecule has 0 spiro atoms. The number of hydrogen-bond acceptors (Lipinski definition) is 4. The van der Waals surface area contributed by atoms with Crippen LogP contribution >= 0.6 is 0 Å². The second-order valence-corrected chi connectivity index (χ2v) is 5.93. The number of esters is 1. The Kier molecular flexibility index (Phi) is 16.3. The Morgan fingerprint density at radius 1 is 0.818 bits per heavy atom. The van der Waals surface area contributed by atoms with Gasteiger partial charge in [0.25, 0.3) is 0 Å². The predicted molar refractivity (Wildman–Crippen MR) is 90.1 cm³/mol. The third kappa shape index (κ3) is 14.3. The number of unbranched alkanes of at least 4 members (excludes halogenated alkanes) is 9. The van der Waals surface area contributed by atoms with Gasteiger partial charge in [0.2, 0.25) is 0 Å². The zero-order valence-corrected chi connectivity index (χ0v) is 14.9. The highest BCUT2D eigenvalue weighted by atomic mass is 16.6. The van der Waals surface area contributed by atoms with Crippen molar-refractivity contribution in [1.82, 2.24) is 0 Å². The summed E-state index contributed by atoms with van der Waals surface area (Å²) in [4.78, 5) is 11.6. The summed E-state index contributed by atoms with van der Waals surface area (Å²) in [5.41, 5.74) is 0. The van der Waals surface area contributed by atoms with Crippen molar-refractivity contribution in [3.8, 4) is 0 Å². The SMILES string of the molecule is CCCCCCCCCCCCC(=O)OCC(COC)OC. The summed E-state index contributed by atoms with van der Waals surface area (Å²) in [7, 11) is 3.21. The molecule has 4 heteroatoms. The van der Waals surface area contributed by atoms with E-state index in [0.29, 0.717) is 13.0 Å². The first-order valence-electron chi connectivity index (χ1n) is 8.91. The van der Waals surface area contributed by atoms with Crippen molar-refractivity contribution >= 4 is 5.97 Å². The van der Waals surface area contributed by atoms with Crippen molar-refractivity contribution in [2.75, 3.05) is 27.4 Å². The molecule has 0 aliphatic rings. The number of hydrogen-bond donors (Lipinski definition) is 0. The molecule has 0 rings (SSSR count). The molecule has 1 unspecified atom stereocenters. The average Bonchev–Trinajstić information content (AvgIpc) is 2.53. The van der Waals surface area contributed by atoms with Crippen molar-refractivity contribution in [2.45, 2.75) is 83.7 Å². The largest absolute Gasteiger partial charge is 0.463 e. The van der Waals surface area contributed by atoms with Crippen LogP contribution in [0.25, 0.3) is 0 Å². The molecule has 0 saturated heterocycles. The van der Waals surface area contributed by atoms with E-state index in [1.165, 1.54) is 51.4 Å². The normalized spacial score (nSPS) is 12.3. The molecule has 0 bridgehead atoms. The molecule has 0 heterocycles. The lowest BCUT2D eigenvalue weighted by Crippen LogP contribution is -2.25. The first-order valence-corrected chi connectivity index (χ1v) is 8.91. The molecule has 0 N–H and O–H groups in total. The summed E-state index contributed by atoms with van der Waals surface area (Å²) >= 11 is 0. The van der Waals surface area contributed by atoms with E-state index >= 15 is 0 Å². The van der Waals surface area contributed by atoms with Gasteiger partial charge in [0.15, 0.2) is 0 Å². The Balaban J connectivity index is 3.31. The molecular weight excluding hydrogens is 280 g/mol. The van der Waals surface area contributed by atoms with E-state index in [0.717, 1.165) is 12.8 Å². The molecule has 132 valence electrons. The topological polar surface area (TPSA) is 44.8 Å². The highest BCUT2D eigenvalue weighted by Crippen LogP contribution is 2.11. The van der Waals surface area contributed by atoms with Gasteiger partial charge < -0.3 is 14.2 Å². The van der Waals surface area contributed by atoms with E-state index < -0.39 is 0 Å². The molecule has 0 aliphatic heterocycles. The number of carbonyl (C=O) groups excluding carboxylic acids is 1. The Morgan fingerprint density at radius 2 is 1.36 bits per heavy atom. The van der Waals surface area contributed by atoms with Crippen LogP contribution in [0.3, 0.4) is 0 Å².